The third-order valence-electron chi connectivity index (χ3n) is 5.66. The fourth-order valence-electron chi connectivity index (χ4n) is 3.72. The summed E-state index contributed by atoms with van der Waals surface area (Å²) in [5, 5.41) is 18.7. The minimum absolute atomic E-state index is 0.148. The van der Waals surface area contributed by atoms with Crippen molar-refractivity contribution in [2.75, 3.05) is 13.2 Å². The molecule has 3 nitrogen and oxygen atoms in total. The Hall–Kier alpha value is -0.590. The van der Waals surface area contributed by atoms with E-state index < -0.39 is 0 Å². The van der Waals surface area contributed by atoms with Gasteiger partial charge in [0.1, 0.15) is 0 Å². The van der Waals surface area contributed by atoms with Gasteiger partial charge in [-0.05, 0) is 50.9 Å². The van der Waals surface area contributed by atoms with Gasteiger partial charge in [-0.25, -0.2) is 0 Å². The summed E-state index contributed by atoms with van der Waals surface area (Å²) in [6, 6.07) is 3.34. The first-order chi connectivity index (χ1) is 9.87. The zero-order chi connectivity index (χ0) is 16.0. The highest BCUT2D eigenvalue weighted by Gasteiger charge is 2.40. The van der Waals surface area contributed by atoms with Crippen LogP contribution < -0.4 is 0 Å². The molecule has 3 unspecified atom stereocenters. The summed E-state index contributed by atoms with van der Waals surface area (Å²) in [6.45, 7) is 12.6. The predicted octanol–water partition coefficient (Wildman–Crippen LogP) is 3.82. The fourth-order valence-corrected chi connectivity index (χ4v) is 3.72. The minimum Gasteiger partial charge on any atom is -0.396 e. The van der Waals surface area contributed by atoms with Crippen molar-refractivity contribution < 1.29 is 5.11 Å². The summed E-state index contributed by atoms with van der Waals surface area (Å²) >= 11 is 0. The summed E-state index contributed by atoms with van der Waals surface area (Å²) in [5.41, 5.74) is 0.359. The lowest BCUT2D eigenvalue weighted by Gasteiger charge is -2.46. The third kappa shape index (κ3) is 4.69. The second-order valence-electron chi connectivity index (χ2n) is 7.56. The van der Waals surface area contributed by atoms with E-state index in [2.05, 4.69) is 45.6 Å². The van der Waals surface area contributed by atoms with Crippen molar-refractivity contribution >= 4 is 0 Å². The van der Waals surface area contributed by atoms with E-state index >= 15 is 0 Å². The first kappa shape index (κ1) is 18.5. The molecule has 1 saturated carbocycles. The van der Waals surface area contributed by atoms with Crippen LogP contribution in [-0.4, -0.2) is 35.2 Å². The molecule has 0 spiro atoms. The second kappa shape index (κ2) is 8.15. The van der Waals surface area contributed by atoms with Crippen LogP contribution in [0.3, 0.4) is 0 Å². The highest BCUT2D eigenvalue weighted by atomic mass is 16.3. The Balaban J connectivity index is 2.89. The average molecular weight is 294 g/mol. The van der Waals surface area contributed by atoms with Crippen LogP contribution in [0, 0.1) is 28.6 Å². The Kier molecular flexibility index (Phi) is 7.16. The van der Waals surface area contributed by atoms with Crippen LogP contribution in [0.2, 0.25) is 0 Å². The van der Waals surface area contributed by atoms with Crippen LogP contribution >= 0.6 is 0 Å². The molecule has 0 bridgehead atoms. The third-order valence-corrected chi connectivity index (χ3v) is 5.66. The SMILES string of the molecule is CCC(C)(C)C1CCC(C#N)C(N(CCCO)C(C)C)C1. The lowest BCUT2D eigenvalue weighted by molar-refractivity contribution is 0.0321. The topological polar surface area (TPSA) is 47.3 Å². The zero-order valence-corrected chi connectivity index (χ0v) is 14.6. The van der Waals surface area contributed by atoms with Crippen molar-refractivity contribution in [3.05, 3.63) is 0 Å². The summed E-state index contributed by atoms with van der Waals surface area (Å²) in [6.07, 6.45) is 5.33. The molecule has 0 saturated heterocycles. The molecule has 122 valence electrons. The maximum atomic E-state index is 9.54. The van der Waals surface area contributed by atoms with Crippen molar-refractivity contribution in [2.45, 2.75) is 78.8 Å². The first-order valence-corrected chi connectivity index (χ1v) is 8.63. The van der Waals surface area contributed by atoms with Gasteiger partial charge in [0.25, 0.3) is 0 Å². The summed E-state index contributed by atoms with van der Waals surface area (Å²) in [5.74, 6) is 0.850. The molecule has 0 aromatic carbocycles. The molecule has 1 fully saturated rings. The standard InChI is InChI=1S/C18H34N2O/c1-6-18(4,5)16-9-8-15(13-19)17(12-16)20(14(2)3)10-7-11-21/h14-17,21H,6-12H2,1-5H3. The van der Waals surface area contributed by atoms with Gasteiger partial charge in [-0.2, -0.15) is 5.26 Å². The van der Waals surface area contributed by atoms with Gasteiger partial charge < -0.3 is 5.11 Å². The molecule has 0 amide bonds. The lowest BCUT2D eigenvalue weighted by atomic mass is 9.65. The molecule has 1 aliphatic carbocycles. The Bertz CT molecular complexity index is 346. The summed E-state index contributed by atoms with van der Waals surface area (Å²) in [7, 11) is 0. The fraction of sp³-hybridized carbons (Fsp3) is 0.944. The van der Waals surface area contributed by atoms with E-state index in [4.69, 9.17) is 5.11 Å². The van der Waals surface area contributed by atoms with E-state index in [9.17, 15) is 5.26 Å². The van der Waals surface area contributed by atoms with E-state index in [-0.39, 0.29) is 12.5 Å². The number of hydrogen-bond donors (Lipinski definition) is 1. The molecule has 1 N–H and O–H groups in total. The van der Waals surface area contributed by atoms with Crippen LogP contribution in [0.25, 0.3) is 0 Å². The molecule has 0 aromatic rings. The zero-order valence-electron chi connectivity index (χ0n) is 14.6. The highest BCUT2D eigenvalue weighted by Crippen LogP contribution is 2.43. The van der Waals surface area contributed by atoms with E-state index in [1.54, 1.807) is 0 Å². The smallest absolute Gasteiger partial charge is 0.0672 e. The quantitative estimate of drug-likeness (QED) is 0.776. The van der Waals surface area contributed by atoms with E-state index in [1.807, 2.05) is 0 Å². The average Bonchev–Trinajstić information content (AvgIpc) is 2.47. The molecule has 1 rings (SSSR count). The van der Waals surface area contributed by atoms with E-state index in [1.165, 1.54) is 12.8 Å². The van der Waals surface area contributed by atoms with Gasteiger partial charge in [0.15, 0.2) is 0 Å². The molecule has 21 heavy (non-hydrogen) atoms. The summed E-state index contributed by atoms with van der Waals surface area (Å²) < 4.78 is 0. The molecular formula is C18H34N2O. The van der Waals surface area contributed by atoms with Crippen molar-refractivity contribution in [1.82, 2.24) is 4.90 Å². The number of aliphatic hydroxyl groups excluding tert-OH is 1. The molecule has 0 aromatic heterocycles. The largest absolute Gasteiger partial charge is 0.396 e. The monoisotopic (exact) mass is 294 g/mol. The van der Waals surface area contributed by atoms with Crippen LogP contribution in [0.5, 0.6) is 0 Å². The van der Waals surface area contributed by atoms with Gasteiger partial charge in [-0.15, -0.1) is 0 Å². The van der Waals surface area contributed by atoms with Gasteiger partial charge in [-0.1, -0.05) is 27.2 Å². The molecule has 1 aliphatic rings. The van der Waals surface area contributed by atoms with Crippen LogP contribution in [0.1, 0.15) is 66.7 Å². The Morgan fingerprint density at radius 2 is 2.00 bits per heavy atom. The highest BCUT2D eigenvalue weighted by molar-refractivity contribution is 5.00. The molecule has 3 atom stereocenters. The van der Waals surface area contributed by atoms with E-state index in [0.717, 1.165) is 25.8 Å². The summed E-state index contributed by atoms with van der Waals surface area (Å²) in [4.78, 5) is 2.46. The Morgan fingerprint density at radius 1 is 1.33 bits per heavy atom. The Morgan fingerprint density at radius 3 is 2.48 bits per heavy atom. The van der Waals surface area contributed by atoms with Crippen molar-refractivity contribution in [3.63, 3.8) is 0 Å². The van der Waals surface area contributed by atoms with Crippen molar-refractivity contribution in [2.24, 2.45) is 17.3 Å². The van der Waals surface area contributed by atoms with Gasteiger partial charge in [0.05, 0.1) is 12.0 Å². The Labute approximate surface area is 131 Å². The number of rotatable bonds is 7. The van der Waals surface area contributed by atoms with Gasteiger partial charge in [-0.3, -0.25) is 4.90 Å². The van der Waals surface area contributed by atoms with Gasteiger partial charge in [0.2, 0.25) is 0 Å². The van der Waals surface area contributed by atoms with Crippen LogP contribution in [0.4, 0.5) is 0 Å². The van der Waals surface area contributed by atoms with Crippen LogP contribution in [0.15, 0.2) is 0 Å². The van der Waals surface area contributed by atoms with Gasteiger partial charge >= 0.3 is 0 Å². The number of nitrogens with zero attached hydrogens (tertiary/aromatic N) is 2. The second-order valence-corrected chi connectivity index (χ2v) is 7.56. The van der Waals surface area contributed by atoms with E-state index in [0.29, 0.717) is 23.4 Å². The maximum absolute atomic E-state index is 9.54. The van der Waals surface area contributed by atoms with Crippen LogP contribution in [-0.2, 0) is 0 Å². The molecule has 0 aliphatic heterocycles. The number of nitriles is 1. The normalized spacial score (nSPS) is 27.1. The molecule has 0 heterocycles. The maximum Gasteiger partial charge on any atom is 0.0672 e. The number of hydrogen-bond acceptors (Lipinski definition) is 3. The minimum atomic E-state index is 0.148. The lowest BCUT2D eigenvalue weighted by Crippen LogP contribution is -2.49. The molecule has 3 heteroatoms. The molecular weight excluding hydrogens is 260 g/mol. The van der Waals surface area contributed by atoms with Crippen molar-refractivity contribution in [3.8, 4) is 6.07 Å². The number of aliphatic hydroxyl groups is 1. The first-order valence-electron chi connectivity index (χ1n) is 8.63. The molecule has 0 radical (unpaired) electrons. The van der Waals surface area contributed by atoms with Gasteiger partial charge in [0, 0.05) is 25.2 Å². The predicted molar refractivity (Wildman–Crippen MR) is 87.8 cm³/mol. The van der Waals surface area contributed by atoms with Crippen molar-refractivity contribution in [1.29, 1.82) is 5.26 Å².